The first-order valence-corrected chi connectivity index (χ1v) is 4.23. The second-order valence-electron chi connectivity index (χ2n) is 3.17. The van der Waals surface area contributed by atoms with Gasteiger partial charge in [-0.05, 0) is 24.6 Å². The fourth-order valence-corrected chi connectivity index (χ4v) is 1.47. The van der Waals surface area contributed by atoms with E-state index in [4.69, 9.17) is 0 Å². The van der Waals surface area contributed by atoms with E-state index in [0.29, 0.717) is 5.82 Å². The van der Waals surface area contributed by atoms with Gasteiger partial charge in [-0.2, -0.15) is 5.10 Å². The quantitative estimate of drug-likeness (QED) is 0.505. The molecule has 0 radical (unpaired) electrons. The molecule has 0 amide bonds. The molecule has 0 atom stereocenters. The van der Waals surface area contributed by atoms with Gasteiger partial charge in [0.25, 0.3) is 0 Å². The van der Waals surface area contributed by atoms with Crippen LogP contribution in [0.5, 0.6) is 0 Å². The average Bonchev–Trinajstić information content (AvgIpc) is 2.44. The molecule has 0 saturated heterocycles. The molecule has 0 aliphatic carbocycles. The lowest BCUT2D eigenvalue weighted by Crippen LogP contribution is -1.88. The third kappa shape index (κ3) is 1.22. The van der Waals surface area contributed by atoms with E-state index < -0.39 is 0 Å². The summed E-state index contributed by atoms with van der Waals surface area (Å²) < 4.78 is 1.71. The number of nitrogens with zero attached hydrogens (tertiary/aromatic N) is 3. The maximum absolute atomic E-state index is 10.2. The predicted molar refractivity (Wildman–Crippen MR) is 53.2 cm³/mol. The van der Waals surface area contributed by atoms with Crippen LogP contribution in [0.4, 0.5) is 5.82 Å². The summed E-state index contributed by atoms with van der Waals surface area (Å²) in [6.07, 6.45) is 1.50. The molecule has 0 spiro atoms. The van der Waals surface area contributed by atoms with Gasteiger partial charge in [0.05, 0.1) is 5.52 Å². The van der Waals surface area contributed by atoms with Crippen LogP contribution in [0.1, 0.15) is 5.56 Å². The number of benzene rings is 1. The Bertz CT molecular complexity index is 536. The summed E-state index contributed by atoms with van der Waals surface area (Å²) in [6, 6.07) is 5.88. The van der Waals surface area contributed by atoms with E-state index >= 15 is 0 Å². The van der Waals surface area contributed by atoms with Crippen LogP contribution < -0.4 is 0 Å². The lowest BCUT2D eigenvalue weighted by molar-refractivity contribution is 0.565. The fraction of sp³-hybridized carbons (Fsp3) is 0.200. The lowest BCUT2D eigenvalue weighted by atomic mass is 10.2. The first-order chi connectivity index (χ1) is 6.72. The first-order valence-electron chi connectivity index (χ1n) is 4.23. The van der Waals surface area contributed by atoms with Crippen molar-refractivity contribution >= 4 is 22.8 Å². The van der Waals surface area contributed by atoms with E-state index in [2.05, 4.69) is 10.1 Å². The predicted octanol–water partition coefficient (Wildman–Crippen LogP) is 1.85. The van der Waals surface area contributed by atoms with Crippen LogP contribution in [-0.4, -0.2) is 15.9 Å². The maximum Gasteiger partial charge on any atom is 0.242 e. The SMILES string of the molecule is Cc1ccc2c(N=C=O)nn(C)c2c1. The summed E-state index contributed by atoms with van der Waals surface area (Å²) in [6.45, 7) is 2.01. The highest BCUT2D eigenvalue weighted by atomic mass is 16.1. The Balaban J connectivity index is 2.83. The van der Waals surface area contributed by atoms with Crippen molar-refractivity contribution in [2.75, 3.05) is 0 Å². The Morgan fingerprint density at radius 1 is 1.50 bits per heavy atom. The number of aromatic nitrogens is 2. The normalized spacial score (nSPS) is 10.1. The minimum absolute atomic E-state index is 0.428. The molecule has 1 heterocycles. The van der Waals surface area contributed by atoms with Crippen LogP contribution in [0.3, 0.4) is 0 Å². The van der Waals surface area contributed by atoms with Crippen LogP contribution in [-0.2, 0) is 11.8 Å². The largest absolute Gasteiger partial charge is 0.266 e. The molecule has 0 unspecified atom stereocenters. The Labute approximate surface area is 80.9 Å². The fourth-order valence-electron chi connectivity index (χ4n) is 1.47. The molecule has 2 rings (SSSR count). The zero-order chi connectivity index (χ0) is 10.1. The lowest BCUT2D eigenvalue weighted by Gasteiger charge is -1.94. The first kappa shape index (κ1) is 8.66. The minimum Gasteiger partial charge on any atom is -0.266 e. The smallest absolute Gasteiger partial charge is 0.242 e. The highest BCUT2D eigenvalue weighted by Crippen LogP contribution is 2.24. The Kier molecular flexibility index (Phi) is 1.91. The van der Waals surface area contributed by atoms with Crippen molar-refractivity contribution in [3.8, 4) is 0 Å². The third-order valence-corrected chi connectivity index (χ3v) is 2.14. The van der Waals surface area contributed by atoms with Gasteiger partial charge in [0.1, 0.15) is 0 Å². The summed E-state index contributed by atoms with van der Waals surface area (Å²) in [5, 5.41) is 4.98. The van der Waals surface area contributed by atoms with Crippen molar-refractivity contribution in [1.82, 2.24) is 9.78 Å². The van der Waals surface area contributed by atoms with Gasteiger partial charge in [0, 0.05) is 12.4 Å². The molecule has 0 N–H and O–H groups in total. The van der Waals surface area contributed by atoms with Crippen LogP contribution in [0, 0.1) is 6.92 Å². The second kappa shape index (κ2) is 3.09. The third-order valence-electron chi connectivity index (χ3n) is 2.14. The summed E-state index contributed by atoms with van der Waals surface area (Å²) in [5.41, 5.74) is 2.13. The van der Waals surface area contributed by atoms with Gasteiger partial charge < -0.3 is 0 Å². The number of rotatable bonds is 1. The number of hydrogen-bond donors (Lipinski definition) is 0. The molecular formula is C10H9N3O. The molecule has 2 aromatic rings. The van der Waals surface area contributed by atoms with Crippen molar-refractivity contribution < 1.29 is 4.79 Å². The van der Waals surface area contributed by atoms with Gasteiger partial charge in [0.15, 0.2) is 5.82 Å². The van der Waals surface area contributed by atoms with Gasteiger partial charge in [0.2, 0.25) is 6.08 Å². The minimum atomic E-state index is 0.428. The van der Waals surface area contributed by atoms with Gasteiger partial charge in [-0.25, -0.2) is 4.79 Å². The van der Waals surface area contributed by atoms with Crippen molar-refractivity contribution in [2.24, 2.45) is 12.0 Å². The number of aliphatic imine (C=N–C) groups is 1. The Morgan fingerprint density at radius 3 is 3.00 bits per heavy atom. The van der Waals surface area contributed by atoms with Crippen molar-refractivity contribution in [2.45, 2.75) is 6.92 Å². The molecule has 0 aliphatic heterocycles. The molecule has 14 heavy (non-hydrogen) atoms. The maximum atomic E-state index is 10.2. The average molecular weight is 187 g/mol. The monoisotopic (exact) mass is 187 g/mol. The van der Waals surface area contributed by atoms with Crippen LogP contribution in [0.2, 0.25) is 0 Å². The Morgan fingerprint density at radius 2 is 2.29 bits per heavy atom. The molecule has 1 aromatic carbocycles. The van der Waals surface area contributed by atoms with E-state index in [9.17, 15) is 4.79 Å². The van der Waals surface area contributed by atoms with E-state index in [1.54, 1.807) is 4.68 Å². The van der Waals surface area contributed by atoms with Crippen molar-refractivity contribution in [1.29, 1.82) is 0 Å². The number of fused-ring (bicyclic) bond motifs is 1. The van der Waals surface area contributed by atoms with E-state index in [1.165, 1.54) is 6.08 Å². The number of aryl methyl sites for hydroxylation is 2. The molecule has 0 saturated carbocycles. The van der Waals surface area contributed by atoms with Crippen molar-refractivity contribution in [3.63, 3.8) is 0 Å². The second-order valence-corrected chi connectivity index (χ2v) is 3.17. The van der Waals surface area contributed by atoms with Crippen molar-refractivity contribution in [3.05, 3.63) is 23.8 Å². The molecule has 0 aliphatic rings. The molecule has 4 heteroatoms. The van der Waals surface area contributed by atoms with E-state index in [1.807, 2.05) is 32.2 Å². The van der Waals surface area contributed by atoms with Gasteiger partial charge >= 0.3 is 0 Å². The zero-order valence-corrected chi connectivity index (χ0v) is 7.98. The summed E-state index contributed by atoms with van der Waals surface area (Å²) in [5.74, 6) is 0.428. The molecule has 0 fully saturated rings. The highest BCUT2D eigenvalue weighted by Gasteiger charge is 2.06. The summed E-state index contributed by atoms with van der Waals surface area (Å²) in [4.78, 5) is 13.7. The van der Waals surface area contributed by atoms with Gasteiger partial charge in [-0.1, -0.05) is 6.07 Å². The van der Waals surface area contributed by atoms with Crippen LogP contribution >= 0.6 is 0 Å². The standard InChI is InChI=1S/C10H9N3O/c1-7-3-4-8-9(5-7)13(2)12-10(8)11-6-14/h3-5H,1-2H3. The van der Waals surface area contributed by atoms with E-state index in [-0.39, 0.29) is 0 Å². The van der Waals surface area contributed by atoms with Gasteiger partial charge in [-0.3, -0.25) is 4.68 Å². The van der Waals surface area contributed by atoms with Crippen LogP contribution in [0.15, 0.2) is 23.2 Å². The molecule has 4 nitrogen and oxygen atoms in total. The van der Waals surface area contributed by atoms with Gasteiger partial charge in [-0.15, -0.1) is 4.99 Å². The molecule has 1 aromatic heterocycles. The number of hydrogen-bond acceptors (Lipinski definition) is 3. The molecular weight excluding hydrogens is 178 g/mol. The summed E-state index contributed by atoms with van der Waals surface area (Å²) >= 11 is 0. The zero-order valence-electron chi connectivity index (χ0n) is 7.98. The topological polar surface area (TPSA) is 47.2 Å². The van der Waals surface area contributed by atoms with Crippen LogP contribution in [0.25, 0.3) is 10.9 Å². The molecule has 70 valence electrons. The highest BCUT2D eigenvalue weighted by molar-refractivity contribution is 5.89. The molecule has 0 bridgehead atoms. The number of carbonyl (C=O) groups excluding carboxylic acids is 1. The van der Waals surface area contributed by atoms with E-state index in [0.717, 1.165) is 16.5 Å². The summed E-state index contributed by atoms with van der Waals surface area (Å²) in [7, 11) is 1.82. The number of isocyanates is 1. The Hall–Kier alpha value is -1.93.